The van der Waals surface area contributed by atoms with Crippen LogP contribution in [0.4, 0.5) is 10.9 Å². The molecule has 8 heteroatoms. The molecule has 5 rings (SSSR count). The first-order valence-electron chi connectivity index (χ1n) is 7.33. The van der Waals surface area contributed by atoms with Crippen LogP contribution in [-0.2, 0) is 0 Å². The summed E-state index contributed by atoms with van der Waals surface area (Å²) in [7, 11) is 0. The summed E-state index contributed by atoms with van der Waals surface area (Å²) in [6.07, 6.45) is 5.36. The van der Waals surface area contributed by atoms with Crippen LogP contribution in [0.15, 0.2) is 54.4 Å². The number of H-pyrrole nitrogens is 1. The number of nitrogens with zero attached hydrogens (tertiary/aromatic N) is 5. The number of hydrogen-bond donors (Lipinski definition) is 2. The van der Waals surface area contributed by atoms with Crippen molar-refractivity contribution in [3.8, 4) is 11.4 Å². The molecule has 0 aliphatic rings. The van der Waals surface area contributed by atoms with Gasteiger partial charge < -0.3 is 14.7 Å². The van der Waals surface area contributed by atoms with Gasteiger partial charge in [-0.05, 0) is 24.3 Å². The van der Waals surface area contributed by atoms with Gasteiger partial charge in [-0.2, -0.15) is 0 Å². The van der Waals surface area contributed by atoms with E-state index in [0.717, 1.165) is 33.1 Å². The fraction of sp³-hybridized carbons (Fsp3) is 0. The molecule has 0 atom stereocenters. The molecule has 1 aromatic carbocycles. The SMILES string of the molecule is c1cc(-c2nnc[nH]2)c2nc(Nc3nccs3)c3cccn3c2c1. The number of anilines is 2. The molecule has 0 unspecified atom stereocenters. The lowest BCUT2D eigenvalue weighted by molar-refractivity contribution is 1.09. The van der Waals surface area contributed by atoms with E-state index in [2.05, 4.69) is 29.9 Å². The van der Waals surface area contributed by atoms with E-state index in [1.807, 2.05) is 41.9 Å². The van der Waals surface area contributed by atoms with Gasteiger partial charge in [-0.25, -0.2) is 9.97 Å². The van der Waals surface area contributed by atoms with Gasteiger partial charge in [0.15, 0.2) is 16.8 Å². The van der Waals surface area contributed by atoms with E-state index in [9.17, 15) is 0 Å². The molecule has 0 fully saturated rings. The molecule has 2 N–H and O–H groups in total. The summed E-state index contributed by atoms with van der Waals surface area (Å²) in [5.41, 5.74) is 3.75. The topological polar surface area (TPSA) is 83.8 Å². The number of fused-ring (bicyclic) bond motifs is 3. The summed E-state index contributed by atoms with van der Waals surface area (Å²) in [6.45, 7) is 0. The maximum Gasteiger partial charge on any atom is 0.188 e. The molecule has 0 aliphatic heterocycles. The molecule has 116 valence electrons. The second-order valence-corrected chi connectivity index (χ2v) is 6.09. The number of aromatic nitrogens is 6. The number of para-hydroxylation sites is 1. The van der Waals surface area contributed by atoms with Gasteiger partial charge in [0.1, 0.15) is 11.8 Å². The van der Waals surface area contributed by atoms with Crippen molar-refractivity contribution in [3.63, 3.8) is 0 Å². The molecule has 7 nitrogen and oxygen atoms in total. The van der Waals surface area contributed by atoms with Crippen molar-refractivity contribution in [2.45, 2.75) is 0 Å². The van der Waals surface area contributed by atoms with E-state index in [-0.39, 0.29) is 0 Å². The second-order valence-electron chi connectivity index (χ2n) is 5.20. The molecular weight excluding hydrogens is 322 g/mol. The van der Waals surface area contributed by atoms with Gasteiger partial charge >= 0.3 is 0 Å². The van der Waals surface area contributed by atoms with Gasteiger partial charge in [-0.3, -0.25) is 0 Å². The van der Waals surface area contributed by atoms with Crippen LogP contribution in [0.3, 0.4) is 0 Å². The van der Waals surface area contributed by atoms with Crippen LogP contribution in [0.2, 0.25) is 0 Å². The molecule has 24 heavy (non-hydrogen) atoms. The standard InChI is InChI=1S/C16H11N7S/c1-3-10(14-18-9-19-22-14)13-11(4-1)23-7-2-5-12(23)15(20-13)21-16-17-6-8-24-16/h1-9H,(H,17,20,21)(H,18,19,22). The van der Waals surface area contributed by atoms with Crippen LogP contribution in [0.1, 0.15) is 0 Å². The molecule has 5 aromatic rings. The number of benzene rings is 1. The van der Waals surface area contributed by atoms with Crippen molar-refractivity contribution in [1.29, 1.82) is 0 Å². The summed E-state index contributed by atoms with van der Waals surface area (Å²) in [5.74, 6) is 1.45. The molecule has 0 saturated heterocycles. The predicted molar refractivity (Wildman–Crippen MR) is 93.5 cm³/mol. The number of aromatic amines is 1. The van der Waals surface area contributed by atoms with E-state index < -0.39 is 0 Å². The zero-order valence-electron chi connectivity index (χ0n) is 12.3. The molecule has 4 aromatic heterocycles. The number of nitrogens with one attached hydrogen (secondary N) is 2. The molecular formula is C16H11N7S. The van der Waals surface area contributed by atoms with E-state index in [0.29, 0.717) is 5.82 Å². The van der Waals surface area contributed by atoms with Gasteiger partial charge in [0.2, 0.25) is 0 Å². The number of thiazole rings is 1. The quantitative estimate of drug-likeness (QED) is 0.528. The zero-order valence-corrected chi connectivity index (χ0v) is 13.2. The van der Waals surface area contributed by atoms with Crippen LogP contribution < -0.4 is 5.32 Å². The highest BCUT2D eigenvalue weighted by molar-refractivity contribution is 7.13. The van der Waals surface area contributed by atoms with Crippen LogP contribution in [0, 0.1) is 0 Å². The Morgan fingerprint density at radius 3 is 2.92 bits per heavy atom. The molecule has 0 amide bonds. The highest BCUT2D eigenvalue weighted by Crippen LogP contribution is 2.30. The fourth-order valence-electron chi connectivity index (χ4n) is 2.80. The maximum atomic E-state index is 4.85. The average Bonchev–Trinajstić information content (AvgIpc) is 3.36. The Bertz CT molecular complexity index is 1130. The van der Waals surface area contributed by atoms with E-state index in [1.54, 1.807) is 12.5 Å². The Morgan fingerprint density at radius 2 is 2.08 bits per heavy atom. The van der Waals surface area contributed by atoms with Gasteiger partial charge in [0.05, 0.1) is 11.0 Å². The first kappa shape index (κ1) is 13.2. The minimum Gasteiger partial charge on any atom is -0.327 e. The summed E-state index contributed by atoms with van der Waals surface area (Å²) in [6, 6.07) is 10.1. The van der Waals surface area contributed by atoms with Gasteiger partial charge in [-0.1, -0.05) is 6.07 Å². The molecule has 0 spiro atoms. The van der Waals surface area contributed by atoms with Crippen molar-refractivity contribution in [2.75, 3.05) is 5.32 Å². The molecule has 0 radical (unpaired) electrons. The van der Waals surface area contributed by atoms with Crippen molar-refractivity contribution >= 4 is 38.8 Å². The third kappa shape index (κ3) is 1.97. The van der Waals surface area contributed by atoms with Gasteiger partial charge in [-0.15, -0.1) is 21.5 Å². The van der Waals surface area contributed by atoms with Gasteiger partial charge in [0, 0.05) is 23.3 Å². The molecule has 0 bridgehead atoms. The third-order valence-electron chi connectivity index (χ3n) is 3.82. The highest BCUT2D eigenvalue weighted by atomic mass is 32.1. The normalized spacial score (nSPS) is 11.3. The van der Waals surface area contributed by atoms with Crippen molar-refractivity contribution in [2.24, 2.45) is 0 Å². The van der Waals surface area contributed by atoms with E-state index >= 15 is 0 Å². The first-order valence-corrected chi connectivity index (χ1v) is 8.21. The Kier molecular flexibility index (Phi) is 2.83. The van der Waals surface area contributed by atoms with Crippen molar-refractivity contribution in [3.05, 3.63) is 54.4 Å². The van der Waals surface area contributed by atoms with Crippen LogP contribution in [0.25, 0.3) is 27.9 Å². The lowest BCUT2D eigenvalue weighted by atomic mass is 10.1. The zero-order chi connectivity index (χ0) is 15.9. The Morgan fingerprint density at radius 1 is 1.12 bits per heavy atom. The average molecular weight is 333 g/mol. The Labute approximate surface area is 140 Å². The van der Waals surface area contributed by atoms with Crippen LogP contribution in [-0.4, -0.2) is 29.5 Å². The molecule has 0 aliphatic carbocycles. The molecule has 0 saturated carbocycles. The lowest BCUT2D eigenvalue weighted by Crippen LogP contribution is -2.00. The Balaban J connectivity index is 1.82. The minimum absolute atomic E-state index is 0.694. The minimum atomic E-state index is 0.694. The summed E-state index contributed by atoms with van der Waals surface area (Å²) in [5, 5.41) is 14.0. The Hall–Kier alpha value is -3.26. The smallest absolute Gasteiger partial charge is 0.188 e. The maximum absolute atomic E-state index is 4.85. The predicted octanol–water partition coefficient (Wildman–Crippen LogP) is 3.47. The largest absolute Gasteiger partial charge is 0.327 e. The fourth-order valence-corrected chi connectivity index (χ4v) is 3.33. The summed E-state index contributed by atoms with van der Waals surface area (Å²) in [4.78, 5) is 12.2. The van der Waals surface area contributed by atoms with Crippen LogP contribution >= 0.6 is 11.3 Å². The van der Waals surface area contributed by atoms with Crippen molar-refractivity contribution in [1.82, 2.24) is 29.5 Å². The number of rotatable bonds is 3. The van der Waals surface area contributed by atoms with Gasteiger partial charge in [0.25, 0.3) is 0 Å². The number of hydrogen-bond acceptors (Lipinski definition) is 6. The van der Waals surface area contributed by atoms with E-state index in [1.165, 1.54) is 11.3 Å². The summed E-state index contributed by atoms with van der Waals surface area (Å²) >= 11 is 1.54. The van der Waals surface area contributed by atoms with E-state index in [4.69, 9.17) is 4.98 Å². The first-order chi connectivity index (χ1) is 11.9. The molecule has 4 heterocycles. The van der Waals surface area contributed by atoms with Crippen molar-refractivity contribution < 1.29 is 0 Å². The second kappa shape index (κ2) is 5.14. The summed E-state index contributed by atoms with van der Waals surface area (Å²) < 4.78 is 2.11. The lowest BCUT2D eigenvalue weighted by Gasteiger charge is -2.11. The highest BCUT2D eigenvalue weighted by Gasteiger charge is 2.14. The third-order valence-corrected chi connectivity index (χ3v) is 4.51. The monoisotopic (exact) mass is 333 g/mol. The van der Waals surface area contributed by atoms with Crippen LogP contribution in [0.5, 0.6) is 0 Å².